The second-order valence-corrected chi connectivity index (χ2v) is 9.05. The lowest BCUT2D eigenvalue weighted by molar-refractivity contribution is -0.119. The molecule has 0 unspecified atom stereocenters. The Kier molecular flexibility index (Phi) is 4.87. The van der Waals surface area contributed by atoms with Crippen LogP contribution in [0.3, 0.4) is 0 Å². The number of aromatic nitrogens is 4. The summed E-state index contributed by atoms with van der Waals surface area (Å²) < 4.78 is 0. The van der Waals surface area contributed by atoms with Gasteiger partial charge in [0.05, 0.1) is 22.8 Å². The highest BCUT2D eigenvalue weighted by Gasteiger charge is 2.35. The molecule has 0 spiro atoms. The summed E-state index contributed by atoms with van der Waals surface area (Å²) in [5.41, 5.74) is 6.91. The Bertz CT molecular complexity index is 1180. The number of aromatic amines is 1. The molecule has 166 valence electrons. The van der Waals surface area contributed by atoms with Crippen molar-refractivity contribution in [3.63, 3.8) is 0 Å². The van der Waals surface area contributed by atoms with Gasteiger partial charge in [0.25, 0.3) is 0 Å². The van der Waals surface area contributed by atoms with Gasteiger partial charge < -0.3 is 15.1 Å². The minimum atomic E-state index is -0.216. The molecule has 1 amide bonds. The minimum Gasteiger partial charge on any atom is -0.356 e. The van der Waals surface area contributed by atoms with Crippen molar-refractivity contribution in [2.45, 2.75) is 58.5 Å². The van der Waals surface area contributed by atoms with E-state index in [1.807, 2.05) is 39.1 Å². The molecule has 2 aliphatic rings. The maximum Gasteiger partial charge on any atom is 0.249 e. The van der Waals surface area contributed by atoms with Gasteiger partial charge >= 0.3 is 0 Å². The number of anilines is 4. The number of carbonyl (C=O) groups is 1. The van der Waals surface area contributed by atoms with Gasteiger partial charge in [-0.2, -0.15) is 5.10 Å². The van der Waals surface area contributed by atoms with Gasteiger partial charge in [0.2, 0.25) is 11.9 Å². The topological polar surface area (TPSA) is 90.0 Å². The molecular weight excluding hydrogens is 402 g/mol. The van der Waals surface area contributed by atoms with Crippen LogP contribution in [0.4, 0.5) is 23.0 Å². The lowest BCUT2D eigenvalue weighted by atomic mass is 10.0. The number of amides is 1. The summed E-state index contributed by atoms with van der Waals surface area (Å²) in [5.74, 6) is 1.17. The average molecular weight is 432 g/mol. The number of benzene rings is 1. The zero-order valence-electron chi connectivity index (χ0n) is 19.2. The van der Waals surface area contributed by atoms with Crippen LogP contribution < -0.4 is 15.1 Å². The van der Waals surface area contributed by atoms with E-state index in [1.54, 1.807) is 11.1 Å². The first-order valence-corrected chi connectivity index (χ1v) is 11.2. The molecule has 5 rings (SSSR count). The Morgan fingerprint density at radius 2 is 1.97 bits per heavy atom. The molecule has 0 saturated heterocycles. The summed E-state index contributed by atoms with van der Waals surface area (Å²) in [4.78, 5) is 25.8. The number of aryl methyl sites for hydroxylation is 1. The molecule has 1 aromatic carbocycles. The zero-order valence-corrected chi connectivity index (χ0v) is 19.2. The fourth-order valence-electron chi connectivity index (χ4n) is 4.65. The summed E-state index contributed by atoms with van der Waals surface area (Å²) >= 11 is 0. The third-order valence-corrected chi connectivity index (χ3v) is 6.38. The van der Waals surface area contributed by atoms with Crippen LogP contribution in [0.2, 0.25) is 0 Å². The molecule has 1 atom stereocenters. The van der Waals surface area contributed by atoms with Crippen LogP contribution in [-0.4, -0.2) is 45.2 Å². The number of fused-ring (bicyclic) bond motifs is 1. The van der Waals surface area contributed by atoms with Crippen LogP contribution in [0.15, 0.2) is 30.5 Å². The molecule has 8 nitrogen and oxygen atoms in total. The van der Waals surface area contributed by atoms with Crippen LogP contribution in [0.5, 0.6) is 0 Å². The third kappa shape index (κ3) is 3.39. The number of nitrogens with zero attached hydrogens (tertiary/aromatic N) is 5. The molecule has 0 bridgehead atoms. The molecule has 1 aliphatic heterocycles. The highest BCUT2D eigenvalue weighted by atomic mass is 16.2. The Labute approximate surface area is 188 Å². The van der Waals surface area contributed by atoms with Crippen molar-refractivity contribution in [2.24, 2.45) is 0 Å². The van der Waals surface area contributed by atoms with Gasteiger partial charge in [-0.1, -0.05) is 0 Å². The van der Waals surface area contributed by atoms with E-state index in [4.69, 9.17) is 4.98 Å². The maximum atomic E-state index is 12.7. The molecule has 1 fully saturated rings. The van der Waals surface area contributed by atoms with Gasteiger partial charge in [-0.25, -0.2) is 9.97 Å². The second-order valence-electron chi connectivity index (χ2n) is 9.05. The van der Waals surface area contributed by atoms with Crippen molar-refractivity contribution in [1.29, 1.82) is 0 Å². The fourth-order valence-corrected chi connectivity index (χ4v) is 4.65. The Morgan fingerprint density at radius 3 is 2.69 bits per heavy atom. The smallest absolute Gasteiger partial charge is 0.249 e. The fraction of sp³-hybridized carbons (Fsp3) is 0.417. The van der Waals surface area contributed by atoms with Crippen molar-refractivity contribution in [3.8, 4) is 11.3 Å². The third-order valence-electron chi connectivity index (χ3n) is 6.38. The molecular formula is C24H29N7O. The van der Waals surface area contributed by atoms with Gasteiger partial charge in [0.15, 0.2) is 0 Å². The monoisotopic (exact) mass is 431 g/mol. The van der Waals surface area contributed by atoms with Crippen LogP contribution >= 0.6 is 0 Å². The normalized spacial score (nSPS) is 18.3. The van der Waals surface area contributed by atoms with E-state index in [9.17, 15) is 4.79 Å². The molecule has 2 aromatic heterocycles. The lowest BCUT2D eigenvalue weighted by Crippen LogP contribution is -2.53. The van der Waals surface area contributed by atoms with E-state index in [0.29, 0.717) is 11.9 Å². The number of carbonyl (C=O) groups excluding carboxylic acids is 1. The standard InChI is InChI=1S/C24H29N7O/c1-13(2)31-15(4)23(32)30(5)19-9-8-17(12-20(19)31)26-24-25-11-10-18(27-24)21-14(3)28-29-22(21)16-6-7-16/h8-13,15-16H,6-7H2,1-5H3,(H,28,29)(H,25,26,27)/t15-/m1/s1. The van der Waals surface area contributed by atoms with Gasteiger partial charge in [-0.15, -0.1) is 0 Å². The largest absolute Gasteiger partial charge is 0.356 e. The molecule has 2 N–H and O–H groups in total. The van der Waals surface area contributed by atoms with E-state index < -0.39 is 0 Å². The first kappa shape index (κ1) is 20.5. The minimum absolute atomic E-state index is 0.102. The van der Waals surface area contributed by atoms with Crippen LogP contribution in [0, 0.1) is 6.92 Å². The first-order chi connectivity index (χ1) is 15.3. The number of hydrogen-bond acceptors (Lipinski definition) is 6. The highest BCUT2D eigenvalue weighted by Crippen LogP contribution is 2.44. The number of nitrogens with one attached hydrogen (secondary N) is 2. The quantitative estimate of drug-likeness (QED) is 0.623. The maximum absolute atomic E-state index is 12.7. The van der Waals surface area contributed by atoms with E-state index in [0.717, 1.165) is 39.7 Å². The lowest BCUT2D eigenvalue weighted by Gasteiger charge is -2.42. The Hall–Kier alpha value is -3.42. The van der Waals surface area contributed by atoms with Crippen LogP contribution in [-0.2, 0) is 4.79 Å². The van der Waals surface area contributed by atoms with Crippen molar-refractivity contribution in [2.75, 3.05) is 22.2 Å². The first-order valence-electron chi connectivity index (χ1n) is 11.2. The van der Waals surface area contributed by atoms with E-state index in [1.165, 1.54) is 12.8 Å². The van der Waals surface area contributed by atoms with E-state index in [2.05, 4.69) is 45.3 Å². The second kappa shape index (κ2) is 7.62. The number of likely N-dealkylation sites (N-methyl/N-ethyl adjacent to an activating group) is 1. The summed E-state index contributed by atoms with van der Waals surface area (Å²) in [6.07, 6.45) is 4.15. The van der Waals surface area contributed by atoms with Crippen molar-refractivity contribution in [3.05, 3.63) is 41.9 Å². The molecule has 1 saturated carbocycles. The average Bonchev–Trinajstić information content (AvgIpc) is 3.53. The zero-order chi connectivity index (χ0) is 22.6. The Balaban J connectivity index is 1.48. The van der Waals surface area contributed by atoms with E-state index >= 15 is 0 Å². The summed E-state index contributed by atoms with van der Waals surface area (Å²) in [5, 5.41) is 11.0. The predicted octanol–water partition coefficient (Wildman–Crippen LogP) is 4.38. The van der Waals surface area contributed by atoms with Crippen molar-refractivity contribution in [1.82, 2.24) is 20.2 Å². The summed E-state index contributed by atoms with van der Waals surface area (Å²) in [7, 11) is 1.83. The van der Waals surface area contributed by atoms with Crippen molar-refractivity contribution >= 4 is 28.9 Å². The predicted molar refractivity (Wildman–Crippen MR) is 127 cm³/mol. The van der Waals surface area contributed by atoms with Crippen LogP contribution in [0.1, 0.15) is 50.9 Å². The molecule has 0 radical (unpaired) electrons. The van der Waals surface area contributed by atoms with Gasteiger partial charge in [0, 0.05) is 42.1 Å². The summed E-state index contributed by atoms with van der Waals surface area (Å²) in [6.45, 7) is 8.21. The molecule has 3 aromatic rings. The molecule has 32 heavy (non-hydrogen) atoms. The molecule has 1 aliphatic carbocycles. The molecule has 3 heterocycles. The van der Waals surface area contributed by atoms with Crippen molar-refractivity contribution < 1.29 is 4.79 Å². The number of rotatable bonds is 5. The van der Waals surface area contributed by atoms with Crippen LogP contribution in [0.25, 0.3) is 11.3 Å². The summed E-state index contributed by atoms with van der Waals surface area (Å²) in [6, 6.07) is 7.93. The van der Waals surface area contributed by atoms with Gasteiger partial charge in [-0.3, -0.25) is 9.89 Å². The highest BCUT2D eigenvalue weighted by molar-refractivity contribution is 6.05. The van der Waals surface area contributed by atoms with E-state index in [-0.39, 0.29) is 18.0 Å². The molecule has 8 heteroatoms. The SMILES string of the molecule is Cc1[nH]nc(C2CC2)c1-c1ccnc(Nc2ccc3c(c2)N(C(C)C)[C@H](C)C(=O)N3C)n1. The Morgan fingerprint density at radius 1 is 1.19 bits per heavy atom. The number of hydrogen-bond donors (Lipinski definition) is 2. The van der Waals surface area contributed by atoms with Gasteiger partial charge in [-0.05, 0) is 64.8 Å². The van der Waals surface area contributed by atoms with Gasteiger partial charge in [0.1, 0.15) is 6.04 Å². The number of H-pyrrole nitrogens is 1.